The van der Waals surface area contributed by atoms with Crippen molar-refractivity contribution < 1.29 is 14.6 Å². The van der Waals surface area contributed by atoms with Crippen molar-refractivity contribution in [3.63, 3.8) is 0 Å². The normalized spacial score (nSPS) is 14.6. The molecule has 2 aromatic heterocycles. The Hall–Kier alpha value is -2.30. The van der Waals surface area contributed by atoms with E-state index in [4.69, 9.17) is 9.84 Å². The second-order valence-electron chi connectivity index (χ2n) is 4.69. The van der Waals surface area contributed by atoms with E-state index >= 15 is 0 Å². The number of hydrogen-bond donors (Lipinski definition) is 1. The minimum Gasteiger partial charge on any atom is -0.495 e. The van der Waals surface area contributed by atoms with Gasteiger partial charge in [0.1, 0.15) is 11.3 Å². The molecule has 1 N–H and O–H groups in total. The lowest BCUT2D eigenvalue weighted by atomic mass is 10.1. The van der Waals surface area contributed by atoms with Gasteiger partial charge in [0.25, 0.3) is 5.56 Å². The van der Waals surface area contributed by atoms with Crippen LogP contribution in [0.25, 0.3) is 5.52 Å². The van der Waals surface area contributed by atoms with E-state index in [9.17, 15) is 9.59 Å². The summed E-state index contributed by atoms with van der Waals surface area (Å²) in [6.45, 7) is 0. The van der Waals surface area contributed by atoms with E-state index in [-0.39, 0.29) is 5.56 Å². The summed E-state index contributed by atoms with van der Waals surface area (Å²) < 4.78 is 6.67. The van der Waals surface area contributed by atoms with Gasteiger partial charge in [-0.2, -0.15) is 0 Å². The van der Waals surface area contributed by atoms with E-state index in [2.05, 4.69) is 0 Å². The zero-order valence-electron chi connectivity index (χ0n) is 10.4. The first-order valence-corrected chi connectivity index (χ1v) is 6.09. The molecule has 2 heterocycles. The lowest BCUT2D eigenvalue weighted by Gasteiger charge is -2.12. The van der Waals surface area contributed by atoms with E-state index in [1.807, 2.05) is 0 Å². The van der Waals surface area contributed by atoms with Gasteiger partial charge >= 0.3 is 5.97 Å². The Kier molecular flexibility index (Phi) is 2.55. The third kappa shape index (κ3) is 1.78. The number of carbonyl (C=O) groups is 1. The highest BCUT2D eigenvalue weighted by atomic mass is 16.5. The molecule has 1 saturated carbocycles. The third-order valence-electron chi connectivity index (χ3n) is 3.45. The van der Waals surface area contributed by atoms with Crippen molar-refractivity contribution in [3.8, 4) is 5.75 Å². The molecule has 0 atom stereocenters. The molecule has 5 nitrogen and oxygen atoms in total. The molecule has 0 radical (unpaired) electrons. The van der Waals surface area contributed by atoms with Crippen molar-refractivity contribution in [2.24, 2.45) is 0 Å². The number of carboxylic acids is 1. The van der Waals surface area contributed by atoms with Crippen LogP contribution in [0.4, 0.5) is 0 Å². The molecule has 1 fully saturated rings. The quantitative estimate of drug-likeness (QED) is 0.913. The molecule has 0 amide bonds. The monoisotopic (exact) mass is 259 g/mol. The number of ether oxygens (including phenoxy) is 1. The molecule has 0 bridgehead atoms. The predicted molar refractivity (Wildman–Crippen MR) is 69.2 cm³/mol. The Balaban J connectivity index is 2.45. The van der Waals surface area contributed by atoms with Crippen LogP contribution in [-0.2, 0) is 0 Å². The Bertz CT molecular complexity index is 728. The third-order valence-corrected chi connectivity index (χ3v) is 3.45. The van der Waals surface area contributed by atoms with Gasteiger partial charge in [-0.05, 0) is 42.5 Å². The van der Waals surface area contributed by atoms with Crippen LogP contribution < -0.4 is 10.3 Å². The zero-order valence-corrected chi connectivity index (χ0v) is 10.4. The topological polar surface area (TPSA) is 68.0 Å². The van der Waals surface area contributed by atoms with Crippen LogP contribution in [0.2, 0.25) is 0 Å². The van der Waals surface area contributed by atoms with E-state index < -0.39 is 11.5 Å². The smallest absolute Gasteiger partial charge is 0.341 e. The summed E-state index contributed by atoms with van der Waals surface area (Å²) in [5, 5.41) is 9.13. The first-order valence-electron chi connectivity index (χ1n) is 6.09. The average molecular weight is 259 g/mol. The molecular weight excluding hydrogens is 246 g/mol. The van der Waals surface area contributed by atoms with Crippen molar-refractivity contribution in [1.29, 1.82) is 0 Å². The molecule has 0 saturated heterocycles. The highest BCUT2D eigenvalue weighted by Crippen LogP contribution is 2.43. The van der Waals surface area contributed by atoms with Gasteiger partial charge in [0.05, 0.1) is 12.6 Å². The summed E-state index contributed by atoms with van der Waals surface area (Å²) in [5.74, 6) is -0.271. The Labute approximate surface area is 109 Å². The molecule has 2 aromatic rings. The average Bonchev–Trinajstić information content (AvgIpc) is 3.22. The second-order valence-corrected chi connectivity index (χ2v) is 4.69. The minimum atomic E-state index is -1.19. The number of nitrogens with zero attached hydrogens (tertiary/aromatic N) is 1. The van der Waals surface area contributed by atoms with Gasteiger partial charge in [0, 0.05) is 6.20 Å². The molecule has 0 spiro atoms. The van der Waals surface area contributed by atoms with Crippen molar-refractivity contribution >= 4 is 11.5 Å². The van der Waals surface area contributed by atoms with E-state index in [1.165, 1.54) is 10.5 Å². The molecule has 0 aliphatic heterocycles. The fraction of sp³-hybridized carbons (Fsp3) is 0.286. The number of methoxy groups -OCH3 is 1. The number of fused-ring (bicyclic) bond motifs is 1. The Morgan fingerprint density at radius 2 is 2.21 bits per heavy atom. The lowest BCUT2D eigenvalue weighted by molar-refractivity contribution is 0.0694. The highest BCUT2D eigenvalue weighted by molar-refractivity contribution is 5.88. The highest BCUT2D eigenvalue weighted by Gasteiger charge is 2.29. The molecule has 19 heavy (non-hydrogen) atoms. The van der Waals surface area contributed by atoms with Crippen LogP contribution >= 0.6 is 0 Å². The van der Waals surface area contributed by atoms with Crippen LogP contribution in [0.1, 0.15) is 34.7 Å². The summed E-state index contributed by atoms with van der Waals surface area (Å²) in [6, 6.07) is 4.96. The van der Waals surface area contributed by atoms with E-state index in [0.717, 1.165) is 18.4 Å². The molecule has 0 unspecified atom stereocenters. The van der Waals surface area contributed by atoms with Crippen molar-refractivity contribution in [2.75, 3.05) is 7.11 Å². The van der Waals surface area contributed by atoms with Crippen molar-refractivity contribution in [1.82, 2.24) is 4.40 Å². The van der Waals surface area contributed by atoms with Crippen LogP contribution in [0.5, 0.6) is 5.75 Å². The van der Waals surface area contributed by atoms with Crippen LogP contribution in [-0.4, -0.2) is 22.6 Å². The lowest BCUT2D eigenvalue weighted by Crippen LogP contribution is -2.23. The fourth-order valence-corrected chi connectivity index (χ4v) is 2.38. The summed E-state index contributed by atoms with van der Waals surface area (Å²) in [5.41, 5.74) is 0.857. The molecule has 98 valence electrons. The van der Waals surface area contributed by atoms with Crippen molar-refractivity contribution in [3.05, 3.63) is 45.9 Å². The van der Waals surface area contributed by atoms with Crippen LogP contribution in [0.15, 0.2) is 29.2 Å². The zero-order chi connectivity index (χ0) is 13.6. The molecule has 5 heteroatoms. The van der Waals surface area contributed by atoms with Crippen LogP contribution in [0, 0.1) is 0 Å². The van der Waals surface area contributed by atoms with Crippen molar-refractivity contribution in [2.45, 2.75) is 18.8 Å². The number of aromatic carboxylic acids is 1. The predicted octanol–water partition coefficient (Wildman–Crippen LogP) is 1.88. The molecule has 1 aliphatic rings. The Morgan fingerprint density at radius 3 is 2.79 bits per heavy atom. The summed E-state index contributed by atoms with van der Waals surface area (Å²) in [6.07, 6.45) is 3.62. The van der Waals surface area contributed by atoms with Gasteiger partial charge in [-0.1, -0.05) is 0 Å². The van der Waals surface area contributed by atoms with Gasteiger partial charge in [-0.25, -0.2) is 4.79 Å². The van der Waals surface area contributed by atoms with E-state index in [1.54, 1.807) is 25.4 Å². The molecule has 1 aliphatic carbocycles. The minimum absolute atomic E-state index is 0.187. The number of carboxylic acid groups (broad SMARTS) is 1. The maximum Gasteiger partial charge on any atom is 0.341 e. The van der Waals surface area contributed by atoms with Crippen LogP contribution in [0.3, 0.4) is 0 Å². The first-order chi connectivity index (χ1) is 9.13. The number of hydrogen-bond acceptors (Lipinski definition) is 3. The second kappa shape index (κ2) is 4.12. The van der Waals surface area contributed by atoms with Gasteiger partial charge in [0.15, 0.2) is 0 Å². The number of aromatic nitrogens is 1. The summed E-state index contributed by atoms with van der Waals surface area (Å²) in [7, 11) is 1.54. The maximum absolute atomic E-state index is 12.2. The fourth-order valence-electron chi connectivity index (χ4n) is 2.38. The Morgan fingerprint density at radius 1 is 1.47 bits per heavy atom. The van der Waals surface area contributed by atoms with E-state index in [0.29, 0.717) is 17.2 Å². The molecule has 3 rings (SSSR count). The SMILES string of the molecule is COc1cccn2c(=O)c(C(=O)O)cc(C3CC3)c12. The summed E-state index contributed by atoms with van der Waals surface area (Å²) in [4.78, 5) is 23.3. The first kappa shape index (κ1) is 11.8. The molecular formula is C14H13NO4. The maximum atomic E-state index is 12.2. The standard InChI is InChI=1S/C14H13NO4/c1-19-11-3-2-6-15-12(11)9(8-4-5-8)7-10(13(15)16)14(17)18/h2-3,6-8H,4-5H2,1H3,(H,17,18). The van der Waals surface area contributed by atoms with Gasteiger partial charge in [-0.3, -0.25) is 9.20 Å². The van der Waals surface area contributed by atoms with Gasteiger partial charge < -0.3 is 9.84 Å². The number of rotatable bonds is 3. The largest absolute Gasteiger partial charge is 0.495 e. The summed E-state index contributed by atoms with van der Waals surface area (Å²) >= 11 is 0. The van der Waals surface area contributed by atoms with Gasteiger partial charge in [-0.15, -0.1) is 0 Å². The van der Waals surface area contributed by atoms with Gasteiger partial charge in [0.2, 0.25) is 0 Å². The molecule has 0 aromatic carbocycles. The number of pyridine rings is 2.